The lowest BCUT2D eigenvalue weighted by atomic mass is 10.1. The van der Waals surface area contributed by atoms with Crippen molar-refractivity contribution in [1.29, 1.82) is 0 Å². The lowest BCUT2D eigenvalue weighted by molar-refractivity contribution is -0.116. The largest absolute Gasteiger partial charge is 0.478 e. The number of nitrogens with zero attached hydrogens (tertiary/aromatic N) is 2. The van der Waals surface area contributed by atoms with Gasteiger partial charge < -0.3 is 10.4 Å². The summed E-state index contributed by atoms with van der Waals surface area (Å²) in [6.07, 6.45) is 2.79. The Morgan fingerprint density at radius 2 is 2.14 bits per heavy atom. The van der Waals surface area contributed by atoms with Gasteiger partial charge in [-0.3, -0.25) is 9.36 Å². The second-order valence-corrected chi connectivity index (χ2v) is 4.41. The van der Waals surface area contributed by atoms with Crippen molar-refractivity contribution in [2.24, 2.45) is 0 Å². The molecule has 2 aromatic rings. The zero-order valence-corrected chi connectivity index (χ0v) is 11.2. The summed E-state index contributed by atoms with van der Waals surface area (Å²) < 4.78 is 1.15. The molecule has 0 spiro atoms. The van der Waals surface area contributed by atoms with Gasteiger partial charge in [0.05, 0.1) is 5.56 Å². The molecule has 1 aromatic heterocycles. The van der Waals surface area contributed by atoms with Crippen molar-refractivity contribution >= 4 is 17.6 Å². The Morgan fingerprint density at radius 1 is 1.38 bits per heavy atom. The van der Waals surface area contributed by atoms with Gasteiger partial charge in [0.15, 0.2) is 0 Å². The summed E-state index contributed by atoms with van der Waals surface area (Å²) in [5, 5.41) is 11.6. The van der Waals surface area contributed by atoms with E-state index in [0.717, 1.165) is 4.57 Å². The number of carbonyl (C=O) groups is 2. The van der Waals surface area contributed by atoms with Gasteiger partial charge in [0.2, 0.25) is 5.91 Å². The highest BCUT2D eigenvalue weighted by atomic mass is 16.4. The second-order valence-electron chi connectivity index (χ2n) is 4.41. The molecule has 2 rings (SSSR count). The standard InChI is InChI=1S/C14H13N3O4/c1-9-3-4-10(7-11(9)13(19)20)16-12(18)8-17-6-2-5-15-14(17)21/h2-7H,8H2,1H3,(H,16,18)(H,19,20). The van der Waals surface area contributed by atoms with Crippen LogP contribution in [0.2, 0.25) is 0 Å². The monoisotopic (exact) mass is 287 g/mol. The Morgan fingerprint density at radius 3 is 2.81 bits per heavy atom. The summed E-state index contributed by atoms with van der Waals surface area (Å²) in [6, 6.07) is 6.13. The van der Waals surface area contributed by atoms with Gasteiger partial charge in [0, 0.05) is 18.1 Å². The molecule has 0 saturated heterocycles. The number of hydrogen-bond donors (Lipinski definition) is 2. The Labute approximate surface area is 119 Å². The SMILES string of the molecule is Cc1ccc(NC(=O)Cn2cccnc2=O)cc1C(=O)O. The van der Waals surface area contributed by atoms with Crippen LogP contribution in [-0.4, -0.2) is 26.5 Å². The summed E-state index contributed by atoms with van der Waals surface area (Å²) in [7, 11) is 0. The fraction of sp³-hybridized carbons (Fsp3) is 0.143. The molecule has 7 nitrogen and oxygen atoms in total. The topological polar surface area (TPSA) is 101 Å². The molecular formula is C14H13N3O4. The molecule has 2 N–H and O–H groups in total. The first kappa shape index (κ1) is 14.4. The predicted molar refractivity (Wildman–Crippen MR) is 75.3 cm³/mol. The van der Waals surface area contributed by atoms with Crippen molar-refractivity contribution in [3.05, 3.63) is 58.3 Å². The molecule has 0 bridgehead atoms. The molecule has 1 heterocycles. The molecule has 0 radical (unpaired) electrons. The van der Waals surface area contributed by atoms with Crippen molar-refractivity contribution in [3.8, 4) is 0 Å². The average molecular weight is 287 g/mol. The minimum atomic E-state index is -1.06. The highest BCUT2D eigenvalue weighted by Gasteiger charge is 2.10. The van der Waals surface area contributed by atoms with E-state index in [1.165, 1.54) is 18.5 Å². The van der Waals surface area contributed by atoms with Gasteiger partial charge in [-0.05, 0) is 30.7 Å². The lowest BCUT2D eigenvalue weighted by Gasteiger charge is -2.08. The van der Waals surface area contributed by atoms with Gasteiger partial charge in [0.25, 0.3) is 0 Å². The number of amides is 1. The number of anilines is 1. The molecule has 0 unspecified atom stereocenters. The molecule has 0 aliphatic rings. The molecule has 0 saturated carbocycles. The van der Waals surface area contributed by atoms with Crippen LogP contribution in [0.3, 0.4) is 0 Å². The number of aryl methyl sites for hydroxylation is 1. The smallest absolute Gasteiger partial charge is 0.347 e. The summed E-state index contributed by atoms with van der Waals surface area (Å²) in [6.45, 7) is 1.48. The van der Waals surface area contributed by atoms with Crippen LogP contribution in [0.1, 0.15) is 15.9 Å². The van der Waals surface area contributed by atoms with Crippen LogP contribution in [0.25, 0.3) is 0 Å². The minimum absolute atomic E-state index is 0.117. The highest BCUT2D eigenvalue weighted by Crippen LogP contribution is 2.15. The van der Waals surface area contributed by atoms with E-state index < -0.39 is 17.6 Å². The highest BCUT2D eigenvalue weighted by molar-refractivity contribution is 5.94. The molecule has 21 heavy (non-hydrogen) atoms. The third-order valence-electron chi connectivity index (χ3n) is 2.85. The summed E-state index contributed by atoms with van der Waals surface area (Å²) in [4.78, 5) is 37.8. The van der Waals surface area contributed by atoms with Gasteiger partial charge >= 0.3 is 11.7 Å². The molecule has 108 valence electrons. The van der Waals surface area contributed by atoms with Gasteiger partial charge in [-0.2, -0.15) is 0 Å². The fourth-order valence-corrected chi connectivity index (χ4v) is 1.79. The number of aromatic nitrogens is 2. The van der Waals surface area contributed by atoms with E-state index in [2.05, 4.69) is 10.3 Å². The Bertz CT molecular complexity index is 752. The molecule has 0 atom stereocenters. The summed E-state index contributed by atoms with van der Waals surface area (Å²) >= 11 is 0. The third kappa shape index (κ3) is 3.53. The Kier molecular flexibility index (Phi) is 4.13. The zero-order chi connectivity index (χ0) is 15.4. The molecule has 7 heteroatoms. The van der Waals surface area contributed by atoms with E-state index in [9.17, 15) is 14.4 Å². The molecule has 1 aromatic carbocycles. The first-order valence-corrected chi connectivity index (χ1v) is 6.12. The lowest BCUT2D eigenvalue weighted by Crippen LogP contribution is -2.28. The van der Waals surface area contributed by atoms with E-state index >= 15 is 0 Å². The van der Waals surface area contributed by atoms with Crippen molar-refractivity contribution in [2.45, 2.75) is 13.5 Å². The van der Waals surface area contributed by atoms with Crippen LogP contribution in [-0.2, 0) is 11.3 Å². The number of hydrogen-bond acceptors (Lipinski definition) is 4. The minimum Gasteiger partial charge on any atom is -0.478 e. The Balaban J connectivity index is 2.13. The van der Waals surface area contributed by atoms with E-state index in [1.54, 1.807) is 25.1 Å². The van der Waals surface area contributed by atoms with E-state index in [1.807, 2.05) is 0 Å². The Hall–Kier alpha value is -2.96. The van der Waals surface area contributed by atoms with Gasteiger partial charge in [-0.1, -0.05) is 6.07 Å². The van der Waals surface area contributed by atoms with Gasteiger partial charge in [-0.25, -0.2) is 14.6 Å². The number of rotatable bonds is 4. The fourth-order valence-electron chi connectivity index (χ4n) is 1.79. The van der Waals surface area contributed by atoms with Crippen LogP contribution >= 0.6 is 0 Å². The average Bonchev–Trinajstić information content (AvgIpc) is 2.43. The van der Waals surface area contributed by atoms with Crippen LogP contribution in [0, 0.1) is 6.92 Å². The second kappa shape index (κ2) is 6.00. The predicted octanol–water partition coefficient (Wildman–Crippen LogP) is 0.889. The van der Waals surface area contributed by atoms with Gasteiger partial charge in [0.1, 0.15) is 6.54 Å². The molecular weight excluding hydrogens is 274 g/mol. The van der Waals surface area contributed by atoms with Crippen molar-refractivity contribution in [3.63, 3.8) is 0 Å². The van der Waals surface area contributed by atoms with Crippen LogP contribution in [0.5, 0.6) is 0 Å². The van der Waals surface area contributed by atoms with Crippen molar-refractivity contribution in [1.82, 2.24) is 9.55 Å². The van der Waals surface area contributed by atoms with E-state index in [4.69, 9.17) is 5.11 Å². The maximum atomic E-state index is 11.9. The number of carbonyl (C=O) groups excluding carboxylic acids is 1. The van der Waals surface area contributed by atoms with Crippen molar-refractivity contribution in [2.75, 3.05) is 5.32 Å². The van der Waals surface area contributed by atoms with Crippen LogP contribution in [0.15, 0.2) is 41.5 Å². The van der Waals surface area contributed by atoms with E-state index in [0.29, 0.717) is 11.3 Å². The number of aromatic carboxylic acids is 1. The first-order chi connectivity index (χ1) is 9.97. The number of benzene rings is 1. The number of carboxylic acids is 1. The van der Waals surface area contributed by atoms with E-state index in [-0.39, 0.29) is 12.1 Å². The van der Waals surface area contributed by atoms with Crippen LogP contribution < -0.4 is 11.0 Å². The molecule has 0 fully saturated rings. The number of carboxylic acid groups (broad SMARTS) is 1. The normalized spacial score (nSPS) is 10.1. The molecule has 0 aliphatic carbocycles. The van der Waals surface area contributed by atoms with Gasteiger partial charge in [-0.15, -0.1) is 0 Å². The summed E-state index contributed by atoms with van der Waals surface area (Å²) in [5.41, 5.74) is 0.554. The first-order valence-electron chi connectivity index (χ1n) is 6.12. The van der Waals surface area contributed by atoms with Crippen LogP contribution in [0.4, 0.5) is 5.69 Å². The zero-order valence-electron chi connectivity index (χ0n) is 11.2. The number of nitrogens with one attached hydrogen (secondary N) is 1. The quantitative estimate of drug-likeness (QED) is 0.869. The maximum Gasteiger partial charge on any atom is 0.347 e. The maximum absolute atomic E-state index is 11.9. The summed E-state index contributed by atoms with van der Waals surface area (Å²) in [5.74, 6) is -1.50. The molecule has 0 aliphatic heterocycles. The molecule has 1 amide bonds. The third-order valence-corrected chi connectivity index (χ3v) is 2.85. The van der Waals surface area contributed by atoms with Crippen molar-refractivity contribution < 1.29 is 14.7 Å².